The summed E-state index contributed by atoms with van der Waals surface area (Å²) < 4.78 is 37.6. The van der Waals surface area contributed by atoms with Crippen LogP contribution >= 0.6 is 0 Å². The van der Waals surface area contributed by atoms with Gasteiger partial charge in [-0.3, -0.25) is 10.1 Å². The number of nitro benzene ring substituents is 1. The molecule has 1 atom stereocenters. The van der Waals surface area contributed by atoms with Crippen LogP contribution in [0.3, 0.4) is 0 Å². The number of fused-ring (bicyclic) bond motifs is 1. The molecule has 0 radical (unpaired) electrons. The lowest BCUT2D eigenvalue weighted by atomic mass is 9.99. The second-order valence-corrected chi connectivity index (χ2v) is 3.92. The van der Waals surface area contributed by atoms with E-state index in [0.29, 0.717) is 0 Å². The number of halogens is 3. The fourth-order valence-electron chi connectivity index (χ4n) is 1.88. The van der Waals surface area contributed by atoms with Gasteiger partial charge in [0.2, 0.25) is 0 Å². The van der Waals surface area contributed by atoms with Crippen molar-refractivity contribution >= 4 is 16.5 Å². The number of nitrogens with zero attached hydrogens (tertiary/aromatic N) is 1. The predicted molar refractivity (Wildman–Crippen MR) is 61.6 cm³/mol. The van der Waals surface area contributed by atoms with Crippen molar-refractivity contribution in [1.82, 2.24) is 0 Å². The predicted octanol–water partition coefficient (Wildman–Crippen LogP) is 3.34. The van der Waals surface area contributed by atoms with Gasteiger partial charge in [-0.25, -0.2) is 0 Å². The summed E-state index contributed by atoms with van der Waals surface area (Å²) in [6.45, 7) is 0. The van der Waals surface area contributed by atoms with Crippen molar-refractivity contribution in [1.29, 1.82) is 0 Å². The maximum Gasteiger partial charge on any atom is 0.418 e. The van der Waals surface area contributed by atoms with Crippen molar-refractivity contribution in [3.8, 4) is 0 Å². The van der Waals surface area contributed by atoms with E-state index in [4.69, 9.17) is 0 Å². The Labute approximate surface area is 105 Å². The number of benzene rings is 2. The molecule has 4 nitrogen and oxygen atoms in total. The van der Waals surface area contributed by atoms with Crippen LogP contribution < -0.4 is 0 Å². The van der Waals surface area contributed by atoms with Crippen LogP contribution in [-0.2, 0) is 0 Å². The van der Waals surface area contributed by atoms with Crippen LogP contribution in [0.4, 0.5) is 18.9 Å². The minimum atomic E-state index is -4.82. The molecular formula is C12H8F3NO3. The molecule has 1 N–H and O–H groups in total. The second kappa shape index (κ2) is 4.51. The minimum Gasteiger partial charge on any atom is -0.379 e. The Kier molecular flexibility index (Phi) is 3.15. The van der Waals surface area contributed by atoms with Crippen LogP contribution in [0.15, 0.2) is 36.4 Å². The molecule has 100 valence electrons. The second-order valence-electron chi connectivity index (χ2n) is 3.92. The highest BCUT2D eigenvalue weighted by atomic mass is 19.4. The van der Waals surface area contributed by atoms with Crippen molar-refractivity contribution in [2.75, 3.05) is 0 Å². The Morgan fingerprint density at radius 3 is 2.21 bits per heavy atom. The van der Waals surface area contributed by atoms with Gasteiger partial charge in [0.25, 0.3) is 5.69 Å². The highest BCUT2D eigenvalue weighted by Crippen LogP contribution is 2.38. The summed E-state index contributed by atoms with van der Waals surface area (Å²) >= 11 is 0. The summed E-state index contributed by atoms with van der Waals surface area (Å²) in [5.74, 6) is 0. The molecule has 0 fully saturated rings. The molecule has 2 aromatic carbocycles. The summed E-state index contributed by atoms with van der Waals surface area (Å²) in [5, 5.41) is 20.2. The number of aliphatic hydroxyl groups is 1. The average molecular weight is 271 g/mol. The lowest BCUT2D eigenvalue weighted by molar-refractivity contribution is -0.383. The van der Waals surface area contributed by atoms with E-state index in [1.165, 1.54) is 24.3 Å². The highest BCUT2D eigenvalue weighted by Gasteiger charge is 2.40. The van der Waals surface area contributed by atoms with E-state index >= 15 is 0 Å². The van der Waals surface area contributed by atoms with Crippen LogP contribution in [0.2, 0.25) is 0 Å². The van der Waals surface area contributed by atoms with Crippen molar-refractivity contribution in [3.05, 3.63) is 52.1 Å². The van der Waals surface area contributed by atoms with Crippen LogP contribution in [0, 0.1) is 10.1 Å². The van der Waals surface area contributed by atoms with Gasteiger partial charge >= 0.3 is 6.18 Å². The van der Waals surface area contributed by atoms with Gasteiger partial charge < -0.3 is 5.11 Å². The molecule has 0 saturated heterocycles. The fourth-order valence-corrected chi connectivity index (χ4v) is 1.88. The topological polar surface area (TPSA) is 63.4 Å². The number of hydrogen-bond acceptors (Lipinski definition) is 3. The fraction of sp³-hybridized carbons (Fsp3) is 0.167. The van der Waals surface area contributed by atoms with Crippen LogP contribution in [0.5, 0.6) is 0 Å². The van der Waals surface area contributed by atoms with Crippen LogP contribution in [0.1, 0.15) is 11.7 Å². The zero-order valence-corrected chi connectivity index (χ0v) is 9.39. The van der Waals surface area contributed by atoms with Crippen molar-refractivity contribution in [3.63, 3.8) is 0 Å². The van der Waals surface area contributed by atoms with E-state index in [9.17, 15) is 28.4 Å². The van der Waals surface area contributed by atoms with Crippen LogP contribution in [-0.4, -0.2) is 16.2 Å². The molecule has 2 rings (SSSR count). The third-order valence-corrected chi connectivity index (χ3v) is 2.74. The molecule has 2 aromatic rings. The third-order valence-electron chi connectivity index (χ3n) is 2.74. The Balaban J connectivity index is 2.72. The molecule has 0 aromatic heterocycles. The van der Waals surface area contributed by atoms with Crippen LogP contribution in [0.25, 0.3) is 10.8 Å². The Morgan fingerprint density at radius 1 is 1.11 bits per heavy atom. The van der Waals surface area contributed by atoms with Gasteiger partial charge in [0.15, 0.2) is 6.10 Å². The van der Waals surface area contributed by atoms with E-state index in [-0.39, 0.29) is 16.5 Å². The minimum absolute atomic E-state index is 0.0153. The zero-order chi connectivity index (χ0) is 14.2. The van der Waals surface area contributed by atoms with E-state index in [2.05, 4.69) is 0 Å². The number of nitro groups is 1. The maximum absolute atomic E-state index is 12.5. The summed E-state index contributed by atoms with van der Waals surface area (Å²) in [7, 11) is 0. The third kappa shape index (κ3) is 2.37. The molecule has 0 heterocycles. The maximum atomic E-state index is 12.5. The molecule has 0 amide bonds. The summed E-state index contributed by atoms with van der Waals surface area (Å²) in [6.07, 6.45) is -7.49. The quantitative estimate of drug-likeness (QED) is 0.673. The number of hydrogen-bond donors (Lipinski definition) is 1. The Morgan fingerprint density at radius 2 is 1.68 bits per heavy atom. The standard InChI is InChI=1S/C12H8F3NO3/c13-12(14,15)11(17)9-5-6-10(16(18)19)8-4-2-1-3-7(8)9/h1-6,11,17H. The van der Waals surface area contributed by atoms with Gasteiger partial charge in [-0.2, -0.15) is 13.2 Å². The summed E-state index contributed by atoms with van der Waals surface area (Å²) in [5.41, 5.74) is -0.692. The van der Waals surface area contributed by atoms with E-state index in [0.717, 1.165) is 12.1 Å². The largest absolute Gasteiger partial charge is 0.418 e. The molecule has 1 unspecified atom stereocenters. The number of aliphatic hydroxyl groups excluding tert-OH is 1. The molecule has 19 heavy (non-hydrogen) atoms. The van der Waals surface area contributed by atoms with E-state index in [1.54, 1.807) is 0 Å². The van der Waals surface area contributed by atoms with Gasteiger partial charge in [-0.1, -0.05) is 18.2 Å². The normalized spacial score (nSPS) is 13.5. The zero-order valence-electron chi connectivity index (χ0n) is 9.39. The Bertz CT molecular complexity index is 640. The lowest BCUT2D eigenvalue weighted by Gasteiger charge is -2.16. The molecule has 0 aliphatic rings. The number of alkyl halides is 3. The van der Waals surface area contributed by atoms with E-state index in [1.807, 2.05) is 0 Å². The highest BCUT2D eigenvalue weighted by molar-refractivity contribution is 5.93. The summed E-state index contributed by atoms with van der Waals surface area (Å²) in [4.78, 5) is 10.1. The summed E-state index contributed by atoms with van der Waals surface area (Å²) in [6, 6.07) is 7.50. The molecule has 0 aliphatic carbocycles. The van der Waals surface area contributed by atoms with Crippen molar-refractivity contribution in [2.45, 2.75) is 12.3 Å². The van der Waals surface area contributed by atoms with Gasteiger partial charge in [-0.15, -0.1) is 0 Å². The number of non-ortho nitro benzene ring substituents is 1. The van der Waals surface area contributed by atoms with Gasteiger partial charge in [0.05, 0.1) is 10.3 Å². The SMILES string of the molecule is O=[N+]([O-])c1ccc(C(O)C(F)(F)F)c2ccccc12. The number of rotatable bonds is 2. The molecule has 0 aliphatic heterocycles. The average Bonchev–Trinajstić information content (AvgIpc) is 2.35. The first kappa shape index (κ1) is 13.3. The molecule has 0 bridgehead atoms. The van der Waals surface area contributed by atoms with Crippen molar-refractivity contribution < 1.29 is 23.2 Å². The lowest BCUT2D eigenvalue weighted by Crippen LogP contribution is -2.20. The molecule has 7 heteroatoms. The monoisotopic (exact) mass is 271 g/mol. The molecule has 0 saturated carbocycles. The van der Waals surface area contributed by atoms with Gasteiger partial charge in [0.1, 0.15) is 0 Å². The first-order valence-corrected chi connectivity index (χ1v) is 5.23. The smallest absolute Gasteiger partial charge is 0.379 e. The van der Waals surface area contributed by atoms with Crippen molar-refractivity contribution in [2.24, 2.45) is 0 Å². The first-order chi connectivity index (χ1) is 8.82. The molecular weight excluding hydrogens is 263 g/mol. The van der Waals surface area contributed by atoms with Gasteiger partial charge in [-0.05, 0) is 23.1 Å². The first-order valence-electron chi connectivity index (χ1n) is 5.23. The molecule has 0 spiro atoms. The van der Waals surface area contributed by atoms with Gasteiger partial charge in [0, 0.05) is 6.07 Å². The van der Waals surface area contributed by atoms with E-state index < -0.39 is 22.8 Å². The Hall–Kier alpha value is -2.15.